The fourth-order valence-corrected chi connectivity index (χ4v) is 2.16. The van der Waals surface area contributed by atoms with Crippen LogP contribution < -0.4 is 10.9 Å². The summed E-state index contributed by atoms with van der Waals surface area (Å²) in [6, 6.07) is 9.38. The number of hydrogen-bond acceptors (Lipinski definition) is 2. The van der Waals surface area contributed by atoms with Gasteiger partial charge in [-0.15, -0.1) is 0 Å². The van der Waals surface area contributed by atoms with Gasteiger partial charge in [0.15, 0.2) is 0 Å². The molecule has 1 aromatic carbocycles. The summed E-state index contributed by atoms with van der Waals surface area (Å²) >= 11 is 0. The molecule has 1 heterocycles. The molecule has 0 aliphatic heterocycles. The molecule has 1 atom stereocenters. The quantitative estimate of drug-likeness (QED) is 0.908. The first-order valence-corrected chi connectivity index (χ1v) is 6.89. The minimum Gasteiger partial charge on any atom is -0.345 e. The van der Waals surface area contributed by atoms with Crippen LogP contribution in [0.1, 0.15) is 34.1 Å². The SMILES string of the molecule is Cc1ccc(C(=O)NC(CC(F)(F)F)c2ccccc2)c(=O)[nH]1. The monoisotopic (exact) mass is 324 g/mol. The van der Waals surface area contributed by atoms with E-state index < -0.39 is 30.1 Å². The molecule has 1 amide bonds. The maximum Gasteiger partial charge on any atom is 0.391 e. The normalized spacial score (nSPS) is 12.7. The van der Waals surface area contributed by atoms with Crippen molar-refractivity contribution in [1.82, 2.24) is 10.3 Å². The lowest BCUT2D eigenvalue weighted by atomic mass is 10.0. The van der Waals surface area contributed by atoms with E-state index in [1.807, 2.05) is 0 Å². The van der Waals surface area contributed by atoms with Gasteiger partial charge in [-0.05, 0) is 24.6 Å². The molecule has 0 aliphatic rings. The number of carbonyl (C=O) groups excluding carboxylic acids is 1. The van der Waals surface area contributed by atoms with Crippen LogP contribution in [0.4, 0.5) is 13.2 Å². The van der Waals surface area contributed by atoms with Crippen molar-refractivity contribution in [3.8, 4) is 0 Å². The zero-order chi connectivity index (χ0) is 17.0. The molecule has 0 fully saturated rings. The van der Waals surface area contributed by atoms with Gasteiger partial charge in [-0.25, -0.2) is 0 Å². The summed E-state index contributed by atoms with van der Waals surface area (Å²) in [6.45, 7) is 1.64. The molecule has 0 aliphatic carbocycles. The van der Waals surface area contributed by atoms with Gasteiger partial charge in [-0.2, -0.15) is 13.2 Å². The molecule has 0 saturated heterocycles. The van der Waals surface area contributed by atoms with E-state index in [-0.39, 0.29) is 5.56 Å². The van der Waals surface area contributed by atoms with Crippen molar-refractivity contribution < 1.29 is 18.0 Å². The molecule has 0 spiro atoms. The molecule has 4 nitrogen and oxygen atoms in total. The summed E-state index contributed by atoms with van der Waals surface area (Å²) in [7, 11) is 0. The predicted octanol–water partition coefficient (Wildman–Crippen LogP) is 3.11. The van der Waals surface area contributed by atoms with Crippen molar-refractivity contribution in [2.45, 2.75) is 25.6 Å². The highest BCUT2D eigenvalue weighted by Crippen LogP contribution is 2.29. The summed E-state index contributed by atoms with van der Waals surface area (Å²) < 4.78 is 38.3. The number of amides is 1. The Hall–Kier alpha value is -2.57. The van der Waals surface area contributed by atoms with Crippen LogP contribution in [0.15, 0.2) is 47.3 Å². The maximum absolute atomic E-state index is 12.8. The van der Waals surface area contributed by atoms with Crippen molar-refractivity contribution in [2.24, 2.45) is 0 Å². The van der Waals surface area contributed by atoms with Crippen molar-refractivity contribution in [3.05, 3.63) is 69.6 Å². The lowest BCUT2D eigenvalue weighted by Gasteiger charge is -2.20. The molecule has 0 saturated carbocycles. The van der Waals surface area contributed by atoms with E-state index in [0.717, 1.165) is 0 Å². The van der Waals surface area contributed by atoms with Gasteiger partial charge in [0.1, 0.15) is 5.56 Å². The molecular formula is C16H15F3N2O2. The second-order valence-corrected chi connectivity index (χ2v) is 5.14. The number of aryl methyl sites for hydroxylation is 1. The number of nitrogens with one attached hydrogen (secondary N) is 2. The number of rotatable bonds is 4. The summed E-state index contributed by atoms with van der Waals surface area (Å²) in [5.41, 5.74) is 0.0168. The molecule has 1 unspecified atom stereocenters. The van der Waals surface area contributed by atoms with Crippen molar-refractivity contribution in [3.63, 3.8) is 0 Å². The van der Waals surface area contributed by atoms with E-state index in [2.05, 4.69) is 10.3 Å². The standard InChI is InChI=1S/C16H15F3N2O2/c1-10-7-8-12(14(22)20-10)15(23)21-13(9-16(17,18)19)11-5-3-2-4-6-11/h2-8,13H,9H2,1H3,(H,20,22)(H,21,23). The Morgan fingerprint density at radius 3 is 2.39 bits per heavy atom. The Kier molecular flexibility index (Phi) is 4.88. The average molecular weight is 324 g/mol. The fourth-order valence-electron chi connectivity index (χ4n) is 2.16. The number of aromatic amines is 1. The van der Waals surface area contributed by atoms with E-state index >= 15 is 0 Å². The number of H-pyrrole nitrogens is 1. The Bertz CT molecular complexity index is 739. The summed E-state index contributed by atoms with van der Waals surface area (Å²) in [6.07, 6.45) is -5.67. The highest BCUT2D eigenvalue weighted by atomic mass is 19.4. The lowest BCUT2D eigenvalue weighted by molar-refractivity contribution is -0.139. The van der Waals surface area contributed by atoms with Crippen LogP contribution in [0.25, 0.3) is 0 Å². The second-order valence-electron chi connectivity index (χ2n) is 5.14. The predicted molar refractivity (Wildman–Crippen MR) is 79.1 cm³/mol. The summed E-state index contributed by atoms with van der Waals surface area (Å²) in [5.74, 6) is -0.843. The lowest BCUT2D eigenvalue weighted by Crippen LogP contribution is -2.35. The minimum atomic E-state index is -4.45. The third-order valence-electron chi connectivity index (χ3n) is 3.24. The first-order valence-electron chi connectivity index (χ1n) is 6.89. The van der Waals surface area contributed by atoms with Gasteiger partial charge >= 0.3 is 6.18 Å². The zero-order valence-corrected chi connectivity index (χ0v) is 12.3. The third-order valence-corrected chi connectivity index (χ3v) is 3.24. The van der Waals surface area contributed by atoms with Gasteiger partial charge in [0.05, 0.1) is 12.5 Å². The van der Waals surface area contributed by atoms with Crippen LogP contribution in [-0.2, 0) is 0 Å². The number of halogens is 3. The van der Waals surface area contributed by atoms with E-state index in [9.17, 15) is 22.8 Å². The van der Waals surface area contributed by atoms with Gasteiger partial charge in [0.2, 0.25) is 0 Å². The second kappa shape index (κ2) is 6.68. The van der Waals surface area contributed by atoms with E-state index in [1.54, 1.807) is 25.1 Å². The van der Waals surface area contributed by atoms with Crippen LogP contribution in [0.5, 0.6) is 0 Å². The zero-order valence-electron chi connectivity index (χ0n) is 12.3. The molecule has 122 valence electrons. The van der Waals surface area contributed by atoms with Crippen LogP contribution in [0.2, 0.25) is 0 Å². The van der Waals surface area contributed by atoms with Gasteiger partial charge in [-0.3, -0.25) is 9.59 Å². The largest absolute Gasteiger partial charge is 0.391 e. The molecule has 7 heteroatoms. The highest BCUT2D eigenvalue weighted by molar-refractivity contribution is 5.94. The molecule has 1 aromatic heterocycles. The van der Waals surface area contributed by atoms with Crippen molar-refractivity contribution in [1.29, 1.82) is 0 Å². The summed E-state index contributed by atoms with van der Waals surface area (Å²) in [4.78, 5) is 26.3. The van der Waals surface area contributed by atoms with Gasteiger partial charge < -0.3 is 10.3 Å². The number of benzene rings is 1. The molecular weight excluding hydrogens is 309 g/mol. The molecule has 0 bridgehead atoms. The average Bonchev–Trinajstić information content (AvgIpc) is 2.46. The van der Waals surface area contributed by atoms with E-state index in [1.165, 1.54) is 24.3 Å². The summed E-state index contributed by atoms with van der Waals surface area (Å²) in [5, 5.41) is 2.29. The van der Waals surface area contributed by atoms with Crippen LogP contribution in [-0.4, -0.2) is 17.1 Å². The number of hydrogen-bond donors (Lipinski definition) is 2. The van der Waals surface area contributed by atoms with Gasteiger partial charge in [0.25, 0.3) is 11.5 Å². The van der Waals surface area contributed by atoms with E-state index in [4.69, 9.17) is 0 Å². The Morgan fingerprint density at radius 2 is 1.83 bits per heavy atom. The third kappa shape index (κ3) is 4.70. The number of aromatic nitrogens is 1. The van der Waals surface area contributed by atoms with Crippen LogP contribution in [0, 0.1) is 6.92 Å². The highest BCUT2D eigenvalue weighted by Gasteiger charge is 2.33. The molecule has 2 rings (SSSR count). The fraction of sp³-hybridized carbons (Fsp3) is 0.250. The molecule has 0 radical (unpaired) electrons. The van der Waals surface area contributed by atoms with Gasteiger partial charge in [-0.1, -0.05) is 30.3 Å². The minimum absolute atomic E-state index is 0.223. The topological polar surface area (TPSA) is 62.0 Å². The number of alkyl halides is 3. The van der Waals surface area contributed by atoms with Gasteiger partial charge in [0, 0.05) is 5.69 Å². The molecule has 23 heavy (non-hydrogen) atoms. The first-order chi connectivity index (χ1) is 10.8. The van der Waals surface area contributed by atoms with Crippen molar-refractivity contribution in [2.75, 3.05) is 0 Å². The Labute approximate surface area is 130 Å². The Balaban J connectivity index is 2.27. The smallest absolute Gasteiger partial charge is 0.345 e. The number of carbonyl (C=O) groups is 1. The van der Waals surface area contributed by atoms with E-state index in [0.29, 0.717) is 11.3 Å². The molecule has 2 aromatic rings. The maximum atomic E-state index is 12.8. The number of pyridine rings is 1. The van der Waals surface area contributed by atoms with Crippen LogP contribution in [0.3, 0.4) is 0 Å². The molecule has 2 N–H and O–H groups in total. The van der Waals surface area contributed by atoms with Crippen molar-refractivity contribution >= 4 is 5.91 Å². The van der Waals surface area contributed by atoms with Crippen LogP contribution >= 0.6 is 0 Å². The Morgan fingerprint density at radius 1 is 1.17 bits per heavy atom. The first kappa shape index (κ1) is 16.8.